The highest BCUT2D eigenvalue weighted by Crippen LogP contribution is 2.26. The SMILES string of the molecule is CCC(C)NC(=O)c1c[c]ccc1N(N)c1cccc(C(=O)NCC(C)C)c1. The molecule has 2 rings (SSSR count). The highest BCUT2D eigenvalue weighted by Gasteiger charge is 2.17. The smallest absolute Gasteiger partial charge is 0.253 e. The number of hydrogen-bond donors (Lipinski definition) is 3. The van der Waals surface area contributed by atoms with Gasteiger partial charge in [-0.3, -0.25) is 14.6 Å². The van der Waals surface area contributed by atoms with Crippen LogP contribution in [0.3, 0.4) is 0 Å². The number of nitrogens with zero attached hydrogens (tertiary/aromatic N) is 1. The predicted molar refractivity (Wildman–Crippen MR) is 112 cm³/mol. The van der Waals surface area contributed by atoms with Gasteiger partial charge in [-0.25, -0.2) is 5.84 Å². The fourth-order valence-electron chi connectivity index (χ4n) is 2.55. The molecule has 0 fully saturated rings. The Morgan fingerprint density at radius 2 is 1.93 bits per heavy atom. The van der Waals surface area contributed by atoms with Gasteiger partial charge in [0.25, 0.3) is 11.8 Å². The normalized spacial score (nSPS) is 11.8. The van der Waals surface area contributed by atoms with E-state index in [0.717, 1.165) is 6.42 Å². The van der Waals surface area contributed by atoms with Gasteiger partial charge in [0, 0.05) is 18.2 Å². The topological polar surface area (TPSA) is 87.5 Å². The summed E-state index contributed by atoms with van der Waals surface area (Å²) < 4.78 is 0. The van der Waals surface area contributed by atoms with Gasteiger partial charge in [-0.15, -0.1) is 0 Å². The number of nitrogens with one attached hydrogen (secondary N) is 2. The summed E-state index contributed by atoms with van der Waals surface area (Å²) in [6.07, 6.45) is 0.831. The molecule has 1 radical (unpaired) electrons. The number of carbonyl (C=O) groups is 2. The number of rotatable bonds is 8. The van der Waals surface area contributed by atoms with Gasteiger partial charge in [-0.05, 0) is 55.7 Å². The number of amides is 2. The van der Waals surface area contributed by atoms with E-state index in [0.29, 0.717) is 35.0 Å². The van der Waals surface area contributed by atoms with Crippen molar-refractivity contribution in [3.05, 3.63) is 59.7 Å². The van der Waals surface area contributed by atoms with E-state index in [2.05, 4.69) is 16.7 Å². The molecule has 6 nitrogen and oxygen atoms in total. The van der Waals surface area contributed by atoms with Crippen molar-refractivity contribution in [2.45, 2.75) is 40.2 Å². The zero-order chi connectivity index (χ0) is 20.7. The quantitative estimate of drug-likeness (QED) is 0.483. The first kappa shape index (κ1) is 21.4. The summed E-state index contributed by atoms with van der Waals surface area (Å²) in [6, 6.07) is 15.1. The van der Waals surface area contributed by atoms with Crippen molar-refractivity contribution in [3.8, 4) is 0 Å². The molecular formula is C22H29N4O2. The van der Waals surface area contributed by atoms with Crippen LogP contribution in [0.15, 0.2) is 42.5 Å². The van der Waals surface area contributed by atoms with Crippen molar-refractivity contribution < 1.29 is 9.59 Å². The molecule has 2 amide bonds. The Kier molecular flexibility index (Phi) is 7.58. The lowest BCUT2D eigenvalue weighted by atomic mass is 10.1. The van der Waals surface area contributed by atoms with Crippen LogP contribution in [-0.2, 0) is 0 Å². The molecule has 28 heavy (non-hydrogen) atoms. The standard InChI is InChI=1S/C22H29N4O2/c1-5-16(4)25-22(28)19-11-6-7-12-20(19)26(23)18-10-8-9-17(13-18)21(27)24-14-15(2)3/h7-13,15-16H,5,14,23H2,1-4H3,(H,24,27)(H,25,28). The maximum absolute atomic E-state index is 12.6. The number of hydrazine groups is 1. The van der Waals surface area contributed by atoms with Crippen molar-refractivity contribution in [1.82, 2.24) is 10.6 Å². The van der Waals surface area contributed by atoms with Crippen LogP contribution in [0.1, 0.15) is 54.8 Å². The summed E-state index contributed by atoms with van der Waals surface area (Å²) in [7, 11) is 0. The molecule has 2 aromatic rings. The molecule has 0 aliphatic heterocycles. The van der Waals surface area contributed by atoms with E-state index in [-0.39, 0.29) is 17.9 Å². The largest absolute Gasteiger partial charge is 0.352 e. The van der Waals surface area contributed by atoms with E-state index in [1.54, 1.807) is 42.5 Å². The highest BCUT2D eigenvalue weighted by molar-refractivity contribution is 6.01. The minimum Gasteiger partial charge on any atom is -0.352 e. The Balaban J connectivity index is 2.27. The number of anilines is 2. The second kappa shape index (κ2) is 9.90. The van der Waals surface area contributed by atoms with E-state index in [4.69, 9.17) is 5.84 Å². The van der Waals surface area contributed by atoms with Crippen molar-refractivity contribution in [1.29, 1.82) is 0 Å². The first-order valence-corrected chi connectivity index (χ1v) is 9.57. The van der Waals surface area contributed by atoms with Crippen LogP contribution in [0.4, 0.5) is 11.4 Å². The van der Waals surface area contributed by atoms with Crippen LogP contribution in [-0.4, -0.2) is 24.4 Å². The van der Waals surface area contributed by atoms with Crippen LogP contribution in [0.25, 0.3) is 0 Å². The molecule has 1 atom stereocenters. The van der Waals surface area contributed by atoms with E-state index >= 15 is 0 Å². The molecule has 6 heteroatoms. The van der Waals surface area contributed by atoms with Crippen LogP contribution in [0.2, 0.25) is 0 Å². The van der Waals surface area contributed by atoms with Gasteiger partial charge in [0.15, 0.2) is 0 Å². The van der Waals surface area contributed by atoms with Gasteiger partial charge in [0.05, 0.1) is 16.9 Å². The molecule has 0 aliphatic carbocycles. The molecule has 0 aliphatic rings. The summed E-state index contributed by atoms with van der Waals surface area (Å²) >= 11 is 0. The summed E-state index contributed by atoms with van der Waals surface area (Å²) in [5.41, 5.74) is 2.10. The first-order valence-electron chi connectivity index (χ1n) is 9.57. The Hall–Kier alpha value is -2.86. The van der Waals surface area contributed by atoms with Gasteiger partial charge in [0.2, 0.25) is 0 Å². The summed E-state index contributed by atoms with van der Waals surface area (Å²) in [4.78, 5) is 25.0. The fourth-order valence-corrected chi connectivity index (χ4v) is 2.55. The Bertz CT molecular complexity index is 820. The zero-order valence-corrected chi connectivity index (χ0v) is 17.0. The number of benzene rings is 2. The van der Waals surface area contributed by atoms with Gasteiger partial charge in [0.1, 0.15) is 0 Å². The molecule has 0 aromatic heterocycles. The van der Waals surface area contributed by atoms with E-state index < -0.39 is 0 Å². The lowest BCUT2D eigenvalue weighted by Gasteiger charge is -2.23. The average Bonchev–Trinajstić information content (AvgIpc) is 2.71. The van der Waals surface area contributed by atoms with E-state index in [9.17, 15) is 9.59 Å². The maximum Gasteiger partial charge on any atom is 0.253 e. The number of hydrogen-bond acceptors (Lipinski definition) is 4. The first-order chi connectivity index (χ1) is 13.3. The molecular weight excluding hydrogens is 352 g/mol. The lowest BCUT2D eigenvalue weighted by Crippen LogP contribution is -2.34. The minimum atomic E-state index is -0.206. The third kappa shape index (κ3) is 5.57. The van der Waals surface area contributed by atoms with Crippen LogP contribution < -0.4 is 21.5 Å². The average molecular weight is 382 g/mol. The molecule has 149 valence electrons. The Morgan fingerprint density at radius 3 is 2.61 bits per heavy atom. The highest BCUT2D eigenvalue weighted by atomic mass is 16.2. The van der Waals surface area contributed by atoms with Gasteiger partial charge >= 0.3 is 0 Å². The van der Waals surface area contributed by atoms with E-state index in [1.165, 1.54) is 5.01 Å². The monoisotopic (exact) mass is 381 g/mol. The van der Waals surface area contributed by atoms with Crippen molar-refractivity contribution in [2.75, 3.05) is 11.6 Å². The predicted octanol–water partition coefficient (Wildman–Crippen LogP) is 3.41. The third-order valence-electron chi connectivity index (χ3n) is 4.39. The fraction of sp³-hybridized carbons (Fsp3) is 0.364. The number of nitrogens with two attached hydrogens (primary N) is 1. The third-order valence-corrected chi connectivity index (χ3v) is 4.39. The van der Waals surface area contributed by atoms with Crippen molar-refractivity contribution in [3.63, 3.8) is 0 Å². The molecule has 2 aromatic carbocycles. The van der Waals surface area contributed by atoms with E-state index in [1.807, 2.05) is 27.7 Å². The Morgan fingerprint density at radius 1 is 1.18 bits per heavy atom. The molecule has 1 unspecified atom stereocenters. The summed E-state index contributed by atoms with van der Waals surface area (Å²) in [6.45, 7) is 8.63. The zero-order valence-electron chi connectivity index (χ0n) is 17.0. The molecule has 0 spiro atoms. The minimum absolute atomic E-state index is 0.0553. The Labute approximate surface area is 167 Å². The number of carbonyl (C=O) groups excluding carboxylic acids is 2. The van der Waals surface area contributed by atoms with Crippen molar-refractivity contribution in [2.24, 2.45) is 11.8 Å². The van der Waals surface area contributed by atoms with Gasteiger partial charge in [-0.1, -0.05) is 32.9 Å². The van der Waals surface area contributed by atoms with Crippen LogP contribution >= 0.6 is 0 Å². The van der Waals surface area contributed by atoms with Crippen molar-refractivity contribution >= 4 is 23.2 Å². The molecule has 0 heterocycles. The second-order valence-corrected chi connectivity index (χ2v) is 7.25. The molecule has 0 saturated heterocycles. The van der Waals surface area contributed by atoms with Crippen LogP contribution in [0, 0.1) is 12.0 Å². The molecule has 4 N–H and O–H groups in total. The second-order valence-electron chi connectivity index (χ2n) is 7.25. The summed E-state index contributed by atoms with van der Waals surface area (Å²) in [5.74, 6) is 6.32. The van der Waals surface area contributed by atoms with Gasteiger partial charge < -0.3 is 10.6 Å². The van der Waals surface area contributed by atoms with Gasteiger partial charge in [-0.2, -0.15) is 0 Å². The molecule has 0 saturated carbocycles. The lowest BCUT2D eigenvalue weighted by molar-refractivity contribution is 0.0934. The maximum atomic E-state index is 12.6. The summed E-state index contributed by atoms with van der Waals surface area (Å²) in [5, 5.41) is 7.25. The van der Waals surface area contributed by atoms with Crippen LogP contribution in [0.5, 0.6) is 0 Å². The molecule has 0 bridgehead atoms.